The van der Waals surface area contributed by atoms with Gasteiger partial charge in [0.25, 0.3) is 15.9 Å². The molecule has 8 heteroatoms. The molecule has 6 nitrogen and oxygen atoms in total. The lowest BCUT2D eigenvalue weighted by Gasteiger charge is -2.11. The minimum absolute atomic E-state index is 0.0522. The summed E-state index contributed by atoms with van der Waals surface area (Å²) in [5.41, 5.74) is 0.872. The number of sulfonamides is 1. The smallest absolute Gasteiger partial charge is 0.263 e. The summed E-state index contributed by atoms with van der Waals surface area (Å²) in [4.78, 5) is 16.7. The molecule has 0 fully saturated rings. The number of nitrogens with zero attached hydrogens (tertiary/aromatic N) is 1. The van der Waals surface area contributed by atoms with Gasteiger partial charge in [0, 0.05) is 17.0 Å². The van der Waals surface area contributed by atoms with Crippen LogP contribution in [0.5, 0.6) is 0 Å². The Labute approximate surface area is 156 Å². The van der Waals surface area contributed by atoms with Crippen molar-refractivity contribution in [1.82, 2.24) is 10.3 Å². The van der Waals surface area contributed by atoms with Crippen LogP contribution in [0.15, 0.2) is 59.5 Å². The molecule has 0 spiro atoms. The van der Waals surface area contributed by atoms with Gasteiger partial charge in [-0.05, 0) is 43.3 Å². The molecule has 0 saturated carbocycles. The van der Waals surface area contributed by atoms with Crippen molar-refractivity contribution in [1.29, 1.82) is 0 Å². The van der Waals surface area contributed by atoms with E-state index in [2.05, 4.69) is 15.0 Å². The third-order valence-corrected chi connectivity index (χ3v) is 5.28. The van der Waals surface area contributed by atoms with Gasteiger partial charge in [0.05, 0.1) is 16.0 Å². The molecule has 0 aliphatic heterocycles. The van der Waals surface area contributed by atoms with Crippen molar-refractivity contribution in [2.24, 2.45) is 0 Å². The molecule has 134 valence electrons. The molecular weight excluding hydrogens is 374 g/mol. The number of para-hydroxylation sites is 1. The zero-order chi connectivity index (χ0) is 18.7. The van der Waals surface area contributed by atoms with Crippen LogP contribution in [0.3, 0.4) is 0 Å². The molecular formula is C18H16ClN3O3S. The van der Waals surface area contributed by atoms with Crippen LogP contribution < -0.4 is 10.0 Å². The van der Waals surface area contributed by atoms with Crippen molar-refractivity contribution in [2.75, 3.05) is 11.3 Å². The van der Waals surface area contributed by atoms with E-state index in [1.165, 1.54) is 30.3 Å². The number of rotatable bonds is 5. The van der Waals surface area contributed by atoms with E-state index in [0.717, 1.165) is 0 Å². The fourth-order valence-electron chi connectivity index (χ4n) is 2.48. The first-order valence-electron chi connectivity index (χ1n) is 7.87. The van der Waals surface area contributed by atoms with Crippen molar-refractivity contribution < 1.29 is 13.2 Å². The van der Waals surface area contributed by atoms with Gasteiger partial charge in [0.15, 0.2) is 0 Å². The number of amides is 1. The van der Waals surface area contributed by atoms with E-state index in [4.69, 9.17) is 11.6 Å². The molecule has 2 N–H and O–H groups in total. The Bertz CT molecular complexity index is 1070. The lowest BCUT2D eigenvalue weighted by atomic mass is 10.1. The van der Waals surface area contributed by atoms with Crippen molar-refractivity contribution >= 4 is 44.3 Å². The summed E-state index contributed by atoms with van der Waals surface area (Å²) in [6, 6.07) is 14.3. The molecule has 0 bridgehead atoms. The Balaban J connectivity index is 2.05. The van der Waals surface area contributed by atoms with E-state index >= 15 is 0 Å². The Morgan fingerprint density at radius 3 is 2.50 bits per heavy atom. The molecule has 3 rings (SSSR count). The first kappa shape index (κ1) is 18.2. The summed E-state index contributed by atoms with van der Waals surface area (Å²) in [5.74, 6) is -0.224. The molecule has 0 radical (unpaired) electrons. The van der Waals surface area contributed by atoms with E-state index in [0.29, 0.717) is 28.0 Å². The summed E-state index contributed by atoms with van der Waals surface area (Å²) in [6.07, 6.45) is 0. The number of carbonyl (C=O) groups excluding carboxylic acids is 1. The molecule has 3 aromatic rings. The second-order valence-electron chi connectivity index (χ2n) is 5.49. The second-order valence-corrected chi connectivity index (χ2v) is 7.61. The number of hydrogen-bond acceptors (Lipinski definition) is 4. The van der Waals surface area contributed by atoms with Crippen LogP contribution in [-0.4, -0.2) is 25.9 Å². The van der Waals surface area contributed by atoms with Gasteiger partial charge in [-0.25, -0.2) is 13.4 Å². The maximum Gasteiger partial charge on any atom is 0.263 e. The van der Waals surface area contributed by atoms with Crippen LogP contribution >= 0.6 is 11.6 Å². The Kier molecular flexibility index (Phi) is 5.11. The number of nitrogens with one attached hydrogen (secondary N) is 2. The van der Waals surface area contributed by atoms with E-state index < -0.39 is 10.0 Å². The lowest BCUT2D eigenvalue weighted by Crippen LogP contribution is -2.23. The van der Waals surface area contributed by atoms with Gasteiger partial charge in [-0.2, -0.15) is 0 Å². The van der Waals surface area contributed by atoms with Gasteiger partial charge in [-0.3, -0.25) is 9.52 Å². The average Bonchev–Trinajstić information content (AvgIpc) is 2.61. The Morgan fingerprint density at radius 1 is 1.12 bits per heavy atom. The van der Waals surface area contributed by atoms with Crippen molar-refractivity contribution in [3.05, 3.63) is 65.2 Å². The van der Waals surface area contributed by atoms with Crippen molar-refractivity contribution in [2.45, 2.75) is 11.8 Å². The SMILES string of the molecule is CCNC(=O)c1cc(NS(=O)(=O)c2ccc(Cl)cc2)nc2ccccc12. The highest BCUT2D eigenvalue weighted by molar-refractivity contribution is 7.92. The van der Waals surface area contributed by atoms with Gasteiger partial charge >= 0.3 is 0 Å². The van der Waals surface area contributed by atoms with Crippen LogP contribution in [0.4, 0.5) is 5.82 Å². The molecule has 26 heavy (non-hydrogen) atoms. The van der Waals surface area contributed by atoms with Gasteiger partial charge in [0.2, 0.25) is 0 Å². The number of fused-ring (bicyclic) bond motifs is 1. The second kappa shape index (κ2) is 7.31. The molecule has 0 saturated heterocycles. The predicted octanol–water partition coefficient (Wildman–Crippen LogP) is 3.44. The molecule has 0 aliphatic carbocycles. The summed E-state index contributed by atoms with van der Waals surface area (Å²) >= 11 is 5.80. The highest BCUT2D eigenvalue weighted by Crippen LogP contribution is 2.23. The quantitative estimate of drug-likeness (QED) is 0.699. The van der Waals surface area contributed by atoms with Crippen molar-refractivity contribution in [3.63, 3.8) is 0 Å². The summed E-state index contributed by atoms with van der Waals surface area (Å²) in [5, 5.41) is 3.81. The van der Waals surface area contributed by atoms with Crippen LogP contribution in [0, 0.1) is 0 Å². The number of anilines is 1. The third kappa shape index (κ3) is 3.79. The minimum atomic E-state index is -3.86. The Hall–Kier alpha value is -2.64. The maximum absolute atomic E-state index is 12.6. The fraction of sp³-hybridized carbons (Fsp3) is 0.111. The Morgan fingerprint density at radius 2 is 1.81 bits per heavy atom. The van der Waals surface area contributed by atoms with Crippen LogP contribution in [-0.2, 0) is 10.0 Å². The van der Waals surface area contributed by atoms with Gasteiger partial charge in [0.1, 0.15) is 5.82 Å². The topological polar surface area (TPSA) is 88.2 Å². The number of carbonyl (C=O) groups is 1. The average molecular weight is 390 g/mol. The van der Waals surface area contributed by atoms with Gasteiger partial charge in [-0.1, -0.05) is 29.8 Å². The van der Waals surface area contributed by atoms with Crippen LogP contribution in [0.25, 0.3) is 10.9 Å². The highest BCUT2D eigenvalue weighted by Gasteiger charge is 2.18. The normalized spacial score (nSPS) is 11.3. The lowest BCUT2D eigenvalue weighted by molar-refractivity contribution is 0.0957. The van der Waals surface area contributed by atoms with E-state index in [1.54, 1.807) is 24.3 Å². The summed E-state index contributed by atoms with van der Waals surface area (Å²) in [6.45, 7) is 2.27. The number of pyridine rings is 1. The van der Waals surface area contributed by atoms with Gasteiger partial charge in [-0.15, -0.1) is 0 Å². The molecule has 1 amide bonds. The third-order valence-electron chi connectivity index (χ3n) is 3.66. The summed E-state index contributed by atoms with van der Waals surface area (Å²) in [7, 11) is -3.86. The van der Waals surface area contributed by atoms with Crippen molar-refractivity contribution in [3.8, 4) is 0 Å². The zero-order valence-electron chi connectivity index (χ0n) is 13.9. The van der Waals surface area contributed by atoms with Gasteiger partial charge < -0.3 is 5.32 Å². The standard InChI is InChI=1S/C18H16ClN3O3S/c1-2-20-18(23)15-11-17(21-16-6-4-3-5-14(15)16)22-26(24,25)13-9-7-12(19)8-10-13/h3-11H,2H2,1H3,(H,20,23)(H,21,22). The van der Waals surface area contributed by atoms with E-state index in [9.17, 15) is 13.2 Å². The first-order chi connectivity index (χ1) is 12.4. The number of aromatic nitrogens is 1. The molecule has 1 heterocycles. The largest absolute Gasteiger partial charge is 0.352 e. The highest BCUT2D eigenvalue weighted by atomic mass is 35.5. The molecule has 1 aromatic heterocycles. The first-order valence-corrected chi connectivity index (χ1v) is 9.73. The van der Waals surface area contributed by atoms with E-state index in [1.807, 2.05) is 6.92 Å². The maximum atomic E-state index is 12.6. The molecule has 2 aromatic carbocycles. The zero-order valence-corrected chi connectivity index (χ0v) is 15.4. The fourth-order valence-corrected chi connectivity index (χ4v) is 3.60. The van der Waals surface area contributed by atoms with Crippen LogP contribution in [0.2, 0.25) is 5.02 Å². The molecule has 0 aliphatic rings. The number of benzene rings is 2. The molecule has 0 atom stereocenters. The van der Waals surface area contributed by atoms with E-state index in [-0.39, 0.29) is 16.6 Å². The monoisotopic (exact) mass is 389 g/mol. The number of hydrogen-bond donors (Lipinski definition) is 2. The number of halogens is 1. The van der Waals surface area contributed by atoms with Crippen LogP contribution in [0.1, 0.15) is 17.3 Å². The minimum Gasteiger partial charge on any atom is -0.352 e. The summed E-state index contributed by atoms with van der Waals surface area (Å²) < 4.78 is 27.5. The predicted molar refractivity (Wildman–Crippen MR) is 102 cm³/mol. The molecule has 0 unspecified atom stereocenters.